The van der Waals surface area contributed by atoms with Crippen LogP contribution >= 0.6 is 15.9 Å². The Morgan fingerprint density at radius 1 is 1.40 bits per heavy atom. The van der Waals surface area contributed by atoms with Crippen LogP contribution in [0.1, 0.15) is 32.4 Å². The van der Waals surface area contributed by atoms with Gasteiger partial charge in [0, 0.05) is 11.6 Å². The third-order valence-electron chi connectivity index (χ3n) is 2.41. The van der Waals surface area contributed by atoms with Gasteiger partial charge in [0.1, 0.15) is 5.82 Å². The van der Waals surface area contributed by atoms with Crippen LogP contribution in [0.3, 0.4) is 0 Å². The Bertz CT molecular complexity index is 325. The number of nitrogens with one attached hydrogen (secondary N) is 1. The monoisotopic (exact) mass is 273 g/mol. The van der Waals surface area contributed by atoms with Gasteiger partial charge in [-0.15, -0.1) is 0 Å². The van der Waals surface area contributed by atoms with Gasteiger partial charge in [-0.3, -0.25) is 0 Å². The summed E-state index contributed by atoms with van der Waals surface area (Å²) in [6.07, 6.45) is 0. The van der Waals surface area contributed by atoms with Crippen molar-refractivity contribution >= 4 is 15.9 Å². The topological polar surface area (TPSA) is 12.0 Å². The summed E-state index contributed by atoms with van der Waals surface area (Å²) < 4.78 is 14.4. The molecule has 1 nitrogen and oxygen atoms in total. The number of hydrogen-bond acceptors (Lipinski definition) is 1. The van der Waals surface area contributed by atoms with Crippen LogP contribution < -0.4 is 5.32 Å². The second-order valence-electron chi connectivity index (χ2n) is 3.92. The molecule has 0 spiro atoms. The highest BCUT2D eigenvalue weighted by Gasteiger charge is 2.19. The van der Waals surface area contributed by atoms with Crippen molar-refractivity contribution in [2.45, 2.75) is 26.8 Å². The van der Waals surface area contributed by atoms with Crippen LogP contribution in [0.4, 0.5) is 4.39 Å². The Balaban J connectivity index is 3.05. The molecule has 0 aromatic heterocycles. The van der Waals surface area contributed by atoms with E-state index in [1.165, 1.54) is 0 Å². The molecule has 0 radical (unpaired) electrons. The van der Waals surface area contributed by atoms with E-state index < -0.39 is 0 Å². The fourth-order valence-electron chi connectivity index (χ4n) is 1.69. The molecule has 0 aliphatic rings. The highest BCUT2D eigenvalue weighted by Crippen LogP contribution is 2.28. The molecule has 1 aromatic rings. The smallest absolute Gasteiger partial charge is 0.142 e. The number of hydrogen-bond donors (Lipinski definition) is 1. The Hall–Kier alpha value is -0.410. The molecule has 84 valence electrons. The van der Waals surface area contributed by atoms with E-state index in [1.807, 2.05) is 19.1 Å². The van der Waals surface area contributed by atoms with E-state index in [0.29, 0.717) is 10.4 Å². The molecule has 0 heterocycles. The summed E-state index contributed by atoms with van der Waals surface area (Å²) >= 11 is 3.21. The Morgan fingerprint density at radius 2 is 2.07 bits per heavy atom. The lowest BCUT2D eigenvalue weighted by Gasteiger charge is -2.23. The van der Waals surface area contributed by atoms with Crippen molar-refractivity contribution in [3.05, 3.63) is 34.1 Å². The van der Waals surface area contributed by atoms with E-state index in [0.717, 1.165) is 12.1 Å². The zero-order valence-electron chi connectivity index (χ0n) is 9.35. The van der Waals surface area contributed by atoms with Crippen molar-refractivity contribution in [2.24, 2.45) is 5.92 Å². The lowest BCUT2D eigenvalue weighted by molar-refractivity contribution is 0.405. The molecule has 1 N–H and O–H groups in total. The fourth-order valence-corrected chi connectivity index (χ4v) is 2.07. The molecular weight excluding hydrogens is 257 g/mol. The van der Waals surface area contributed by atoms with Gasteiger partial charge < -0.3 is 5.32 Å². The Labute approximate surface area is 99.2 Å². The minimum atomic E-state index is -0.155. The summed E-state index contributed by atoms with van der Waals surface area (Å²) in [5.41, 5.74) is 0.737. The first-order chi connectivity index (χ1) is 7.07. The van der Waals surface area contributed by atoms with Crippen LogP contribution in [-0.2, 0) is 0 Å². The largest absolute Gasteiger partial charge is 0.310 e. The van der Waals surface area contributed by atoms with E-state index in [-0.39, 0.29) is 11.9 Å². The van der Waals surface area contributed by atoms with Gasteiger partial charge in [0.15, 0.2) is 0 Å². The van der Waals surface area contributed by atoms with Crippen molar-refractivity contribution in [3.8, 4) is 0 Å². The molecule has 1 atom stereocenters. The average molecular weight is 274 g/mol. The van der Waals surface area contributed by atoms with Crippen molar-refractivity contribution in [2.75, 3.05) is 6.54 Å². The van der Waals surface area contributed by atoms with Gasteiger partial charge >= 0.3 is 0 Å². The van der Waals surface area contributed by atoms with Crippen LogP contribution in [0.25, 0.3) is 0 Å². The lowest BCUT2D eigenvalue weighted by Crippen LogP contribution is -2.26. The molecule has 3 heteroatoms. The van der Waals surface area contributed by atoms with E-state index >= 15 is 0 Å². The molecular formula is C12H17BrFN. The summed E-state index contributed by atoms with van der Waals surface area (Å²) in [4.78, 5) is 0. The maximum absolute atomic E-state index is 13.8. The first kappa shape index (κ1) is 12.7. The molecule has 1 rings (SSSR count). The summed E-state index contributed by atoms with van der Waals surface area (Å²) in [5.74, 6) is 0.214. The minimum absolute atomic E-state index is 0.0764. The normalized spacial score (nSPS) is 13.2. The van der Waals surface area contributed by atoms with Crippen LogP contribution in [0.15, 0.2) is 22.7 Å². The number of rotatable bonds is 4. The molecule has 0 fully saturated rings. The first-order valence-corrected chi connectivity index (χ1v) is 6.04. The zero-order valence-corrected chi connectivity index (χ0v) is 10.9. The van der Waals surface area contributed by atoms with E-state index in [4.69, 9.17) is 0 Å². The molecule has 1 aromatic carbocycles. The van der Waals surface area contributed by atoms with Gasteiger partial charge in [0.05, 0.1) is 4.47 Å². The molecule has 1 unspecified atom stereocenters. The van der Waals surface area contributed by atoms with Crippen molar-refractivity contribution in [1.82, 2.24) is 5.32 Å². The molecule has 0 amide bonds. The van der Waals surface area contributed by atoms with Crippen molar-refractivity contribution in [3.63, 3.8) is 0 Å². The lowest BCUT2D eigenvalue weighted by atomic mass is 9.95. The average Bonchev–Trinajstić information content (AvgIpc) is 2.19. The molecule has 0 saturated heterocycles. The Morgan fingerprint density at radius 3 is 2.60 bits per heavy atom. The Kier molecular flexibility index (Phi) is 4.74. The summed E-state index contributed by atoms with van der Waals surface area (Å²) in [6.45, 7) is 7.06. The van der Waals surface area contributed by atoms with Gasteiger partial charge in [0.2, 0.25) is 0 Å². The van der Waals surface area contributed by atoms with Gasteiger partial charge in [0.25, 0.3) is 0 Å². The van der Waals surface area contributed by atoms with Crippen LogP contribution in [-0.4, -0.2) is 6.54 Å². The predicted molar refractivity (Wildman–Crippen MR) is 65.4 cm³/mol. The van der Waals surface area contributed by atoms with Crippen LogP contribution in [0, 0.1) is 11.7 Å². The molecule has 0 bridgehead atoms. The third-order valence-corrected chi connectivity index (χ3v) is 3.02. The van der Waals surface area contributed by atoms with Gasteiger partial charge in [-0.2, -0.15) is 0 Å². The second-order valence-corrected chi connectivity index (χ2v) is 4.78. The number of halogens is 2. The van der Waals surface area contributed by atoms with Gasteiger partial charge in [-0.05, 0) is 34.5 Å². The minimum Gasteiger partial charge on any atom is -0.310 e. The van der Waals surface area contributed by atoms with E-state index in [2.05, 4.69) is 35.1 Å². The van der Waals surface area contributed by atoms with Crippen LogP contribution in [0.2, 0.25) is 0 Å². The predicted octanol–water partition coefficient (Wildman–Crippen LogP) is 3.89. The highest BCUT2D eigenvalue weighted by molar-refractivity contribution is 9.10. The van der Waals surface area contributed by atoms with Crippen molar-refractivity contribution < 1.29 is 4.39 Å². The first-order valence-electron chi connectivity index (χ1n) is 5.25. The summed E-state index contributed by atoms with van der Waals surface area (Å²) in [6, 6.07) is 5.51. The summed E-state index contributed by atoms with van der Waals surface area (Å²) in [7, 11) is 0. The maximum Gasteiger partial charge on any atom is 0.142 e. The molecule has 0 aliphatic heterocycles. The fraction of sp³-hybridized carbons (Fsp3) is 0.500. The van der Waals surface area contributed by atoms with Gasteiger partial charge in [-0.25, -0.2) is 4.39 Å². The van der Waals surface area contributed by atoms with E-state index in [1.54, 1.807) is 6.07 Å². The molecule has 0 saturated carbocycles. The quantitative estimate of drug-likeness (QED) is 0.878. The molecule has 15 heavy (non-hydrogen) atoms. The van der Waals surface area contributed by atoms with E-state index in [9.17, 15) is 4.39 Å². The summed E-state index contributed by atoms with van der Waals surface area (Å²) in [5, 5.41) is 3.31. The standard InChI is InChI=1S/C12H17BrFN/c1-4-15-12(8(2)3)9-6-5-7-10(13)11(9)14/h5-8,12,15H,4H2,1-3H3. The maximum atomic E-state index is 13.8. The SMILES string of the molecule is CCNC(c1cccc(Br)c1F)C(C)C. The zero-order chi connectivity index (χ0) is 11.4. The third kappa shape index (κ3) is 3.02. The highest BCUT2D eigenvalue weighted by atomic mass is 79.9. The number of benzene rings is 1. The second kappa shape index (κ2) is 5.61. The molecule has 0 aliphatic carbocycles. The van der Waals surface area contributed by atoms with Gasteiger partial charge in [-0.1, -0.05) is 32.9 Å². The van der Waals surface area contributed by atoms with Crippen LogP contribution in [0.5, 0.6) is 0 Å². The van der Waals surface area contributed by atoms with Crippen molar-refractivity contribution in [1.29, 1.82) is 0 Å².